The van der Waals surface area contributed by atoms with Crippen molar-refractivity contribution in [3.63, 3.8) is 0 Å². The average molecular weight is 388 g/mol. The van der Waals surface area contributed by atoms with Crippen LogP contribution in [0.3, 0.4) is 0 Å². The molecule has 2 aliphatic rings. The molecule has 2 saturated heterocycles. The highest BCUT2D eigenvalue weighted by Crippen LogP contribution is 2.29. The number of amides is 1. The van der Waals surface area contributed by atoms with E-state index in [9.17, 15) is 9.59 Å². The van der Waals surface area contributed by atoms with Gasteiger partial charge in [0.2, 0.25) is 16.2 Å². The van der Waals surface area contributed by atoms with Crippen LogP contribution in [0.25, 0.3) is 5.13 Å². The Hall–Kier alpha value is -2.22. The number of rotatable bonds is 4. The lowest BCUT2D eigenvalue weighted by molar-refractivity contribution is -0.137. The Morgan fingerprint density at radius 1 is 1.11 bits per heavy atom. The molecule has 0 atom stereocenters. The molecule has 8 heteroatoms. The summed E-state index contributed by atoms with van der Waals surface area (Å²) in [5.41, 5.74) is 0.567. The Morgan fingerprint density at radius 3 is 2.52 bits per heavy atom. The van der Waals surface area contributed by atoms with E-state index >= 15 is 0 Å². The number of hydrogen-bond acceptors (Lipinski definition) is 6. The fourth-order valence-corrected chi connectivity index (χ4v) is 4.81. The highest BCUT2D eigenvalue weighted by molar-refractivity contribution is 7.17. The quantitative estimate of drug-likeness (QED) is 0.754. The van der Waals surface area contributed by atoms with Crippen molar-refractivity contribution in [2.75, 3.05) is 31.1 Å². The molecule has 0 aromatic carbocycles. The second-order valence-electron chi connectivity index (χ2n) is 7.56. The van der Waals surface area contributed by atoms with Gasteiger partial charge in [0.1, 0.15) is 0 Å². The minimum Gasteiger partial charge on any atom is -0.347 e. The first-order valence-electron chi connectivity index (χ1n) is 9.66. The van der Waals surface area contributed by atoms with Gasteiger partial charge in [-0.3, -0.25) is 14.2 Å². The molecule has 27 heavy (non-hydrogen) atoms. The maximum Gasteiger partial charge on any atom is 0.225 e. The third kappa shape index (κ3) is 3.76. The molecule has 2 aliphatic heterocycles. The van der Waals surface area contributed by atoms with E-state index in [1.807, 2.05) is 12.3 Å². The van der Waals surface area contributed by atoms with Crippen LogP contribution in [0.15, 0.2) is 18.3 Å². The van der Waals surface area contributed by atoms with Gasteiger partial charge in [-0.05, 0) is 43.7 Å². The predicted molar refractivity (Wildman–Crippen MR) is 105 cm³/mol. The molecular weight excluding hydrogens is 362 g/mol. The Balaban J connectivity index is 1.36. The SMILES string of the molecule is CC1CCN(C(=O)C2CCN(c3nnc(-n4cccc4C=O)s3)CC2)CC1. The zero-order valence-corrected chi connectivity index (χ0v) is 16.4. The molecule has 0 saturated carbocycles. The molecule has 0 radical (unpaired) electrons. The summed E-state index contributed by atoms with van der Waals surface area (Å²) >= 11 is 1.48. The van der Waals surface area contributed by atoms with E-state index in [2.05, 4.69) is 26.9 Å². The molecule has 144 valence electrons. The second-order valence-corrected chi connectivity index (χ2v) is 8.49. The van der Waals surface area contributed by atoms with E-state index in [4.69, 9.17) is 0 Å². The van der Waals surface area contributed by atoms with E-state index in [1.54, 1.807) is 10.6 Å². The van der Waals surface area contributed by atoms with E-state index in [0.717, 1.165) is 69.2 Å². The summed E-state index contributed by atoms with van der Waals surface area (Å²) < 4.78 is 1.75. The van der Waals surface area contributed by atoms with Gasteiger partial charge in [0.15, 0.2) is 6.29 Å². The number of carbonyl (C=O) groups is 2. The van der Waals surface area contributed by atoms with Crippen molar-refractivity contribution >= 4 is 28.7 Å². The minimum atomic E-state index is 0.133. The number of anilines is 1. The maximum atomic E-state index is 12.8. The Labute approximate surface area is 163 Å². The fourth-order valence-electron chi connectivity index (χ4n) is 3.90. The summed E-state index contributed by atoms with van der Waals surface area (Å²) in [4.78, 5) is 28.2. The summed E-state index contributed by atoms with van der Waals surface area (Å²) in [7, 11) is 0. The molecule has 0 spiro atoms. The highest BCUT2D eigenvalue weighted by Gasteiger charge is 2.31. The number of carbonyl (C=O) groups excluding carboxylic acids is 2. The van der Waals surface area contributed by atoms with Crippen LogP contribution in [0.4, 0.5) is 5.13 Å². The lowest BCUT2D eigenvalue weighted by atomic mass is 9.93. The zero-order chi connectivity index (χ0) is 18.8. The average Bonchev–Trinajstić information content (AvgIpc) is 3.37. The first kappa shape index (κ1) is 18.2. The predicted octanol–water partition coefficient (Wildman–Crippen LogP) is 2.62. The number of piperidine rings is 2. The molecule has 2 aromatic rings. The number of hydrogen-bond donors (Lipinski definition) is 0. The van der Waals surface area contributed by atoms with Crippen molar-refractivity contribution in [1.29, 1.82) is 0 Å². The van der Waals surface area contributed by atoms with E-state index in [-0.39, 0.29) is 5.92 Å². The fraction of sp³-hybridized carbons (Fsp3) is 0.579. The van der Waals surface area contributed by atoms with Crippen molar-refractivity contribution in [2.45, 2.75) is 32.6 Å². The molecule has 4 heterocycles. The first-order valence-corrected chi connectivity index (χ1v) is 10.5. The van der Waals surface area contributed by atoms with Gasteiger partial charge in [-0.1, -0.05) is 18.3 Å². The molecule has 2 aromatic heterocycles. The summed E-state index contributed by atoms with van der Waals surface area (Å²) in [6.07, 6.45) is 6.62. The molecule has 7 nitrogen and oxygen atoms in total. The van der Waals surface area contributed by atoms with Gasteiger partial charge in [-0.2, -0.15) is 0 Å². The summed E-state index contributed by atoms with van der Waals surface area (Å²) in [6.45, 7) is 5.73. The van der Waals surface area contributed by atoms with Crippen LogP contribution in [0.2, 0.25) is 0 Å². The number of aromatic nitrogens is 3. The largest absolute Gasteiger partial charge is 0.347 e. The van der Waals surface area contributed by atoms with Crippen molar-refractivity contribution in [1.82, 2.24) is 19.7 Å². The Morgan fingerprint density at radius 2 is 1.81 bits per heavy atom. The third-order valence-corrected chi connectivity index (χ3v) is 6.70. The number of aldehydes is 1. The van der Waals surface area contributed by atoms with Crippen molar-refractivity contribution < 1.29 is 9.59 Å². The molecule has 0 N–H and O–H groups in total. The van der Waals surface area contributed by atoms with Crippen molar-refractivity contribution in [3.8, 4) is 5.13 Å². The number of nitrogens with zero attached hydrogens (tertiary/aromatic N) is 5. The Bertz CT molecular complexity index is 801. The van der Waals surface area contributed by atoms with Gasteiger partial charge in [0.25, 0.3) is 0 Å². The van der Waals surface area contributed by atoms with Gasteiger partial charge in [0.05, 0.1) is 5.69 Å². The van der Waals surface area contributed by atoms with Gasteiger partial charge < -0.3 is 9.80 Å². The lowest BCUT2D eigenvalue weighted by Gasteiger charge is -2.36. The van der Waals surface area contributed by atoms with Crippen LogP contribution in [0, 0.1) is 11.8 Å². The molecular formula is C19H25N5O2S. The highest BCUT2D eigenvalue weighted by atomic mass is 32.1. The van der Waals surface area contributed by atoms with Crippen molar-refractivity contribution in [3.05, 3.63) is 24.0 Å². The topological polar surface area (TPSA) is 71.3 Å². The molecule has 0 aliphatic carbocycles. The third-order valence-electron chi connectivity index (χ3n) is 5.72. The maximum absolute atomic E-state index is 12.8. The van der Waals surface area contributed by atoms with Crippen LogP contribution >= 0.6 is 11.3 Å². The van der Waals surface area contributed by atoms with Gasteiger partial charge >= 0.3 is 0 Å². The molecule has 2 fully saturated rings. The van der Waals surface area contributed by atoms with Gasteiger partial charge in [0, 0.05) is 38.3 Å². The zero-order valence-electron chi connectivity index (χ0n) is 15.6. The van der Waals surface area contributed by atoms with Gasteiger partial charge in [-0.15, -0.1) is 10.2 Å². The standard InChI is InChI=1S/C19H25N5O2S/c1-14-4-9-22(10-5-14)17(26)15-6-11-23(12-7-15)18-20-21-19(27-18)24-8-2-3-16(24)13-25/h2-3,8,13-15H,4-7,9-12H2,1H3. The van der Waals surface area contributed by atoms with Crippen LogP contribution < -0.4 is 4.90 Å². The minimum absolute atomic E-state index is 0.133. The summed E-state index contributed by atoms with van der Waals surface area (Å²) in [5, 5.41) is 10.1. The molecule has 1 amide bonds. The molecule has 4 rings (SSSR count). The Kier molecular flexibility index (Phi) is 5.24. The summed E-state index contributed by atoms with van der Waals surface area (Å²) in [6, 6.07) is 3.58. The second kappa shape index (κ2) is 7.80. The smallest absolute Gasteiger partial charge is 0.225 e. The number of likely N-dealkylation sites (tertiary alicyclic amines) is 1. The van der Waals surface area contributed by atoms with Crippen molar-refractivity contribution in [2.24, 2.45) is 11.8 Å². The lowest BCUT2D eigenvalue weighted by Crippen LogP contribution is -2.45. The van der Waals surface area contributed by atoms with E-state index in [1.165, 1.54) is 11.3 Å². The summed E-state index contributed by atoms with van der Waals surface area (Å²) in [5.74, 6) is 1.21. The van der Waals surface area contributed by atoms with E-state index < -0.39 is 0 Å². The van der Waals surface area contributed by atoms with Crippen LogP contribution in [0.5, 0.6) is 0 Å². The van der Waals surface area contributed by atoms with Gasteiger partial charge in [-0.25, -0.2) is 0 Å². The monoisotopic (exact) mass is 387 g/mol. The normalized spacial score (nSPS) is 19.4. The first-order chi connectivity index (χ1) is 13.2. The molecule has 0 unspecified atom stereocenters. The van der Waals surface area contributed by atoms with Crippen LogP contribution in [0.1, 0.15) is 43.1 Å². The van der Waals surface area contributed by atoms with E-state index in [0.29, 0.717) is 16.7 Å². The van der Waals surface area contributed by atoms with Crippen LogP contribution in [-0.2, 0) is 4.79 Å². The molecule has 0 bridgehead atoms. The van der Waals surface area contributed by atoms with Crippen LogP contribution in [-0.4, -0.2) is 58.0 Å².